The van der Waals surface area contributed by atoms with E-state index in [-0.39, 0.29) is 5.78 Å². The van der Waals surface area contributed by atoms with Gasteiger partial charge in [0, 0.05) is 15.6 Å². The molecule has 2 aromatic rings. The summed E-state index contributed by atoms with van der Waals surface area (Å²) in [5, 5.41) is 0. The van der Waals surface area contributed by atoms with Crippen LogP contribution in [0.5, 0.6) is 5.75 Å². The molecule has 4 heteroatoms. The minimum absolute atomic E-state index is 0.0142. The minimum atomic E-state index is -0.0142. The van der Waals surface area contributed by atoms with Gasteiger partial charge in [-0.3, -0.25) is 4.79 Å². The molecule has 0 fully saturated rings. The first kappa shape index (κ1) is 13.3. The molecule has 0 heterocycles. The van der Waals surface area contributed by atoms with Crippen molar-refractivity contribution in [2.75, 3.05) is 7.11 Å². The molecule has 92 valence electrons. The predicted octanol–water partition coefficient (Wildman–Crippen LogP) is 4.45. The van der Waals surface area contributed by atoms with E-state index in [0.29, 0.717) is 16.9 Å². The monoisotopic (exact) mass is 368 g/mol. The molecule has 0 amide bonds. The van der Waals surface area contributed by atoms with Gasteiger partial charge >= 0.3 is 0 Å². The van der Waals surface area contributed by atoms with Gasteiger partial charge in [0.2, 0.25) is 0 Å². The van der Waals surface area contributed by atoms with Crippen LogP contribution in [0.25, 0.3) is 0 Å². The number of hydrogen-bond acceptors (Lipinski definition) is 2. The standard InChI is InChI=1S/C14H10Br2O2/c1-18-13-6-5-10(8-12(13)16)14(17)9-3-2-4-11(15)7-9/h2-8H,1H3. The molecular weight excluding hydrogens is 360 g/mol. The lowest BCUT2D eigenvalue weighted by Crippen LogP contribution is -2.01. The number of methoxy groups -OCH3 is 1. The van der Waals surface area contributed by atoms with Crippen molar-refractivity contribution in [3.8, 4) is 5.75 Å². The summed E-state index contributed by atoms with van der Waals surface area (Å²) in [6, 6.07) is 12.6. The highest BCUT2D eigenvalue weighted by Crippen LogP contribution is 2.26. The largest absolute Gasteiger partial charge is 0.496 e. The molecule has 0 N–H and O–H groups in total. The van der Waals surface area contributed by atoms with Crippen molar-refractivity contribution in [2.24, 2.45) is 0 Å². The number of rotatable bonds is 3. The van der Waals surface area contributed by atoms with Crippen LogP contribution in [0.2, 0.25) is 0 Å². The van der Waals surface area contributed by atoms with Gasteiger partial charge in [-0.1, -0.05) is 28.1 Å². The summed E-state index contributed by atoms with van der Waals surface area (Å²) >= 11 is 6.73. The average Bonchev–Trinajstić information content (AvgIpc) is 2.37. The van der Waals surface area contributed by atoms with Gasteiger partial charge in [-0.25, -0.2) is 0 Å². The number of ether oxygens (including phenoxy) is 1. The first-order chi connectivity index (χ1) is 8.61. The zero-order valence-corrected chi connectivity index (χ0v) is 12.8. The van der Waals surface area contributed by atoms with Gasteiger partial charge in [0.1, 0.15) is 5.75 Å². The van der Waals surface area contributed by atoms with Crippen LogP contribution in [0.1, 0.15) is 15.9 Å². The van der Waals surface area contributed by atoms with Crippen LogP contribution in [-0.4, -0.2) is 12.9 Å². The Labute approximate surface area is 122 Å². The van der Waals surface area contributed by atoms with E-state index in [0.717, 1.165) is 8.95 Å². The molecule has 0 atom stereocenters. The van der Waals surface area contributed by atoms with E-state index < -0.39 is 0 Å². The van der Waals surface area contributed by atoms with Gasteiger partial charge in [-0.2, -0.15) is 0 Å². The first-order valence-corrected chi connectivity index (χ1v) is 6.84. The van der Waals surface area contributed by atoms with Gasteiger partial charge in [0.05, 0.1) is 11.6 Å². The SMILES string of the molecule is COc1ccc(C(=O)c2cccc(Br)c2)cc1Br. The normalized spacial score (nSPS) is 10.2. The first-order valence-electron chi connectivity index (χ1n) is 5.25. The molecule has 0 bridgehead atoms. The van der Waals surface area contributed by atoms with Gasteiger partial charge in [0.25, 0.3) is 0 Å². The number of halogens is 2. The van der Waals surface area contributed by atoms with Crippen LogP contribution in [0.3, 0.4) is 0 Å². The Balaban J connectivity index is 2.37. The molecule has 0 aliphatic rings. The molecule has 2 aromatic carbocycles. The maximum absolute atomic E-state index is 12.3. The maximum atomic E-state index is 12.3. The zero-order valence-electron chi connectivity index (χ0n) is 9.61. The van der Waals surface area contributed by atoms with Crippen molar-refractivity contribution in [2.45, 2.75) is 0 Å². The number of benzene rings is 2. The van der Waals surface area contributed by atoms with Crippen LogP contribution in [0.15, 0.2) is 51.4 Å². The summed E-state index contributed by atoms with van der Waals surface area (Å²) in [7, 11) is 1.59. The van der Waals surface area contributed by atoms with Crippen LogP contribution in [0.4, 0.5) is 0 Å². The van der Waals surface area contributed by atoms with Crippen molar-refractivity contribution in [1.29, 1.82) is 0 Å². The predicted molar refractivity (Wildman–Crippen MR) is 78.3 cm³/mol. The van der Waals surface area contributed by atoms with E-state index >= 15 is 0 Å². The fourth-order valence-electron chi connectivity index (χ4n) is 1.60. The summed E-state index contributed by atoms with van der Waals surface area (Å²) in [4.78, 5) is 12.3. The lowest BCUT2D eigenvalue weighted by atomic mass is 10.0. The topological polar surface area (TPSA) is 26.3 Å². The van der Waals surface area contributed by atoms with E-state index in [1.165, 1.54) is 0 Å². The summed E-state index contributed by atoms with van der Waals surface area (Å²) in [6.45, 7) is 0. The molecule has 0 saturated carbocycles. The Kier molecular flexibility index (Phi) is 4.19. The summed E-state index contributed by atoms with van der Waals surface area (Å²) in [6.07, 6.45) is 0. The highest BCUT2D eigenvalue weighted by molar-refractivity contribution is 9.10. The van der Waals surface area contributed by atoms with E-state index in [4.69, 9.17) is 4.74 Å². The number of carbonyl (C=O) groups is 1. The van der Waals surface area contributed by atoms with Crippen LogP contribution in [0, 0.1) is 0 Å². The Morgan fingerprint density at radius 1 is 1.06 bits per heavy atom. The number of hydrogen-bond donors (Lipinski definition) is 0. The maximum Gasteiger partial charge on any atom is 0.193 e. The Hall–Kier alpha value is -1.13. The molecule has 0 aliphatic carbocycles. The van der Waals surface area contributed by atoms with E-state index in [1.807, 2.05) is 12.1 Å². The average molecular weight is 370 g/mol. The fraction of sp³-hybridized carbons (Fsp3) is 0.0714. The quantitative estimate of drug-likeness (QED) is 0.747. The molecule has 0 saturated heterocycles. The zero-order chi connectivity index (χ0) is 13.1. The third-order valence-corrected chi connectivity index (χ3v) is 3.61. The Morgan fingerprint density at radius 2 is 1.78 bits per heavy atom. The highest BCUT2D eigenvalue weighted by atomic mass is 79.9. The van der Waals surface area contributed by atoms with Crippen molar-refractivity contribution in [3.63, 3.8) is 0 Å². The minimum Gasteiger partial charge on any atom is -0.496 e. The summed E-state index contributed by atoms with van der Waals surface area (Å²) < 4.78 is 6.80. The van der Waals surface area contributed by atoms with Gasteiger partial charge in [0.15, 0.2) is 5.78 Å². The van der Waals surface area contributed by atoms with Crippen LogP contribution >= 0.6 is 31.9 Å². The Bertz CT molecular complexity index is 594. The third-order valence-electron chi connectivity index (χ3n) is 2.50. The second-order valence-electron chi connectivity index (χ2n) is 3.69. The van der Waals surface area contributed by atoms with Crippen LogP contribution < -0.4 is 4.74 Å². The number of carbonyl (C=O) groups excluding carboxylic acids is 1. The molecule has 2 nitrogen and oxygen atoms in total. The lowest BCUT2D eigenvalue weighted by Gasteiger charge is -2.06. The van der Waals surface area contributed by atoms with Crippen molar-refractivity contribution in [3.05, 3.63) is 62.5 Å². The second-order valence-corrected chi connectivity index (χ2v) is 5.46. The smallest absolute Gasteiger partial charge is 0.193 e. The third kappa shape index (κ3) is 2.82. The lowest BCUT2D eigenvalue weighted by molar-refractivity contribution is 0.103. The highest BCUT2D eigenvalue weighted by Gasteiger charge is 2.11. The molecule has 0 aromatic heterocycles. The molecule has 0 aliphatic heterocycles. The van der Waals surface area contributed by atoms with Crippen molar-refractivity contribution < 1.29 is 9.53 Å². The molecule has 0 radical (unpaired) electrons. The fourth-order valence-corrected chi connectivity index (χ4v) is 2.54. The molecular formula is C14H10Br2O2. The molecule has 18 heavy (non-hydrogen) atoms. The molecule has 0 unspecified atom stereocenters. The van der Waals surface area contributed by atoms with Crippen LogP contribution in [-0.2, 0) is 0 Å². The molecule has 0 spiro atoms. The van der Waals surface area contributed by atoms with Crippen molar-refractivity contribution >= 4 is 37.6 Å². The van der Waals surface area contributed by atoms with E-state index in [9.17, 15) is 4.79 Å². The molecule has 2 rings (SSSR count). The van der Waals surface area contributed by atoms with Crippen molar-refractivity contribution in [1.82, 2.24) is 0 Å². The second kappa shape index (κ2) is 5.67. The van der Waals surface area contributed by atoms with Gasteiger partial charge < -0.3 is 4.74 Å². The summed E-state index contributed by atoms with van der Waals surface area (Å²) in [5.74, 6) is 0.695. The van der Waals surface area contributed by atoms with E-state index in [1.54, 1.807) is 37.4 Å². The summed E-state index contributed by atoms with van der Waals surface area (Å²) in [5.41, 5.74) is 1.28. The van der Waals surface area contributed by atoms with Gasteiger partial charge in [-0.15, -0.1) is 0 Å². The van der Waals surface area contributed by atoms with Gasteiger partial charge in [-0.05, 0) is 46.3 Å². The number of ketones is 1. The van der Waals surface area contributed by atoms with E-state index in [2.05, 4.69) is 31.9 Å². The Morgan fingerprint density at radius 3 is 2.39 bits per heavy atom.